The summed E-state index contributed by atoms with van der Waals surface area (Å²) in [6, 6.07) is 4.48. The zero-order valence-corrected chi connectivity index (χ0v) is 16.0. The Balaban J connectivity index is 1.73. The highest BCUT2D eigenvalue weighted by atomic mass is 32.2. The molecule has 1 saturated heterocycles. The van der Waals surface area contributed by atoms with E-state index in [-0.39, 0.29) is 17.4 Å². The fraction of sp³-hybridized carbons (Fsp3) is 0.579. The molecule has 0 saturated carbocycles. The van der Waals surface area contributed by atoms with Gasteiger partial charge in [-0.3, -0.25) is 4.18 Å². The van der Waals surface area contributed by atoms with Gasteiger partial charge in [0.05, 0.1) is 13.4 Å². The van der Waals surface area contributed by atoms with Crippen molar-refractivity contribution in [2.45, 2.75) is 36.5 Å². The van der Waals surface area contributed by atoms with E-state index in [1.807, 2.05) is 12.1 Å². The molecule has 5 atom stereocenters. The number of rotatable bonds is 3. The van der Waals surface area contributed by atoms with Crippen LogP contribution in [0.1, 0.15) is 17.5 Å². The molecule has 2 heterocycles. The minimum atomic E-state index is -3.59. The predicted molar refractivity (Wildman–Crippen MR) is 96.2 cm³/mol. The van der Waals surface area contributed by atoms with Crippen LogP contribution < -0.4 is 9.47 Å². The number of nitrogens with zero attached hydrogens (tertiary/aromatic N) is 1. The fourth-order valence-electron chi connectivity index (χ4n) is 5.65. The second-order valence-corrected chi connectivity index (χ2v) is 9.49. The van der Waals surface area contributed by atoms with Crippen LogP contribution in [0.3, 0.4) is 0 Å². The zero-order valence-electron chi connectivity index (χ0n) is 15.1. The summed E-state index contributed by atoms with van der Waals surface area (Å²) in [6.45, 7) is 0.955. The smallest absolute Gasteiger partial charge is 0.265 e. The largest absolute Gasteiger partial charge is 0.493 e. The molecule has 0 N–H and O–H groups in total. The number of ether oxygens (including phenoxy) is 2. The lowest BCUT2D eigenvalue weighted by molar-refractivity contribution is -0.0365. The molecule has 140 valence electrons. The molecule has 1 aromatic rings. The molecular formula is C19H23NO5S. The summed E-state index contributed by atoms with van der Waals surface area (Å²) in [6.07, 6.45) is 6.04. The average molecular weight is 377 g/mol. The van der Waals surface area contributed by atoms with Gasteiger partial charge >= 0.3 is 0 Å². The highest BCUT2D eigenvalue weighted by Gasteiger charge is 2.65. The molecule has 2 bridgehead atoms. The molecule has 1 fully saturated rings. The van der Waals surface area contributed by atoms with Gasteiger partial charge in [0.1, 0.15) is 12.2 Å². The molecule has 5 rings (SSSR count). The Morgan fingerprint density at radius 3 is 2.85 bits per heavy atom. The van der Waals surface area contributed by atoms with Crippen LogP contribution >= 0.6 is 0 Å². The molecule has 1 spiro atoms. The van der Waals surface area contributed by atoms with E-state index in [0.717, 1.165) is 31.4 Å². The summed E-state index contributed by atoms with van der Waals surface area (Å²) >= 11 is 0. The van der Waals surface area contributed by atoms with Crippen LogP contribution in [0.25, 0.3) is 0 Å². The maximum absolute atomic E-state index is 11.8. The molecule has 0 radical (unpaired) electrons. The van der Waals surface area contributed by atoms with Crippen molar-refractivity contribution in [2.75, 3.05) is 27.0 Å². The maximum atomic E-state index is 11.8. The summed E-state index contributed by atoms with van der Waals surface area (Å²) in [7, 11) is 0.223. The van der Waals surface area contributed by atoms with Gasteiger partial charge in [0.25, 0.3) is 10.1 Å². The van der Waals surface area contributed by atoms with Gasteiger partial charge in [-0.1, -0.05) is 18.2 Å². The van der Waals surface area contributed by atoms with Crippen molar-refractivity contribution in [3.63, 3.8) is 0 Å². The summed E-state index contributed by atoms with van der Waals surface area (Å²) in [5, 5.41) is 0. The van der Waals surface area contributed by atoms with Gasteiger partial charge in [-0.25, -0.2) is 0 Å². The molecule has 2 aliphatic heterocycles. The summed E-state index contributed by atoms with van der Waals surface area (Å²) in [5.41, 5.74) is 2.24. The lowest BCUT2D eigenvalue weighted by Gasteiger charge is -2.56. The van der Waals surface area contributed by atoms with E-state index in [2.05, 4.69) is 24.1 Å². The van der Waals surface area contributed by atoms with Gasteiger partial charge in [0.2, 0.25) is 0 Å². The lowest BCUT2D eigenvalue weighted by Crippen LogP contribution is -2.65. The first-order valence-corrected chi connectivity index (χ1v) is 10.8. The molecule has 4 aliphatic rings. The SMILES string of the molecule is COc1ccc2c3c1O[C@@H]1[C@H](OS(C)(=O)=O)C=C[C@@H]4[C@@H](C2)N(C)CC[C@@]341. The fourth-order valence-corrected chi connectivity index (χ4v) is 6.22. The monoisotopic (exact) mass is 377 g/mol. The molecule has 0 unspecified atom stereocenters. The van der Waals surface area contributed by atoms with Crippen LogP contribution in [0.4, 0.5) is 0 Å². The van der Waals surface area contributed by atoms with Gasteiger partial charge in [-0.2, -0.15) is 8.42 Å². The van der Waals surface area contributed by atoms with Crippen LogP contribution in [-0.2, 0) is 26.1 Å². The summed E-state index contributed by atoms with van der Waals surface area (Å²) < 4.78 is 41.0. The van der Waals surface area contributed by atoms with E-state index < -0.39 is 16.2 Å². The molecule has 0 aromatic heterocycles. The molecular weight excluding hydrogens is 354 g/mol. The van der Waals surface area contributed by atoms with Gasteiger partial charge in [0, 0.05) is 22.9 Å². The van der Waals surface area contributed by atoms with Crippen molar-refractivity contribution in [1.29, 1.82) is 0 Å². The summed E-state index contributed by atoms with van der Waals surface area (Å²) in [5.74, 6) is 1.77. The van der Waals surface area contributed by atoms with Gasteiger partial charge in [0.15, 0.2) is 11.5 Å². The van der Waals surface area contributed by atoms with E-state index in [1.165, 1.54) is 11.1 Å². The normalized spacial score (nSPS) is 37.2. The van der Waals surface area contributed by atoms with Crippen molar-refractivity contribution >= 4 is 10.1 Å². The highest BCUT2D eigenvalue weighted by molar-refractivity contribution is 7.86. The zero-order chi connectivity index (χ0) is 18.3. The number of benzene rings is 1. The molecule has 6 nitrogen and oxygen atoms in total. The maximum Gasteiger partial charge on any atom is 0.265 e. The lowest BCUT2D eigenvalue weighted by atomic mass is 9.53. The van der Waals surface area contributed by atoms with E-state index >= 15 is 0 Å². The first-order valence-electron chi connectivity index (χ1n) is 8.99. The minimum Gasteiger partial charge on any atom is -0.493 e. The molecule has 0 amide bonds. The number of likely N-dealkylation sites (tertiary alicyclic amines) is 1. The van der Waals surface area contributed by atoms with E-state index in [0.29, 0.717) is 11.8 Å². The first-order chi connectivity index (χ1) is 12.3. The second kappa shape index (κ2) is 5.24. The predicted octanol–water partition coefficient (Wildman–Crippen LogP) is 1.49. The van der Waals surface area contributed by atoms with Gasteiger partial charge in [-0.15, -0.1) is 0 Å². The van der Waals surface area contributed by atoms with E-state index in [4.69, 9.17) is 13.7 Å². The third kappa shape index (κ3) is 2.02. The number of hydrogen-bond acceptors (Lipinski definition) is 6. The molecule has 7 heteroatoms. The third-order valence-electron chi connectivity index (χ3n) is 6.62. The van der Waals surface area contributed by atoms with Crippen LogP contribution in [0.2, 0.25) is 0 Å². The van der Waals surface area contributed by atoms with Crippen molar-refractivity contribution < 1.29 is 22.1 Å². The van der Waals surface area contributed by atoms with Crippen LogP contribution in [0.5, 0.6) is 11.5 Å². The quantitative estimate of drug-likeness (QED) is 0.587. The Kier molecular flexibility index (Phi) is 3.34. The first kappa shape index (κ1) is 16.6. The van der Waals surface area contributed by atoms with Crippen molar-refractivity contribution in [1.82, 2.24) is 4.90 Å². The number of hydrogen-bond donors (Lipinski definition) is 0. The Hall–Kier alpha value is -1.57. The van der Waals surface area contributed by atoms with E-state index in [1.54, 1.807) is 7.11 Å². The third-order valence-corrected chi connectivity index (χ3v) is 7.19. The topological polar surface area (TPSA) is 65.1 Å². The van der Waals surface area contributed by atoms with Crippen molar-refractivity contribution in [3.8, 4) is 11.5 Å². The number of piperidine rings is 1. The van der Waals surface area contributed by atoms with Gasteiger partial charge in [-0.05, 0) is 38.1 Å². The Labute approximate surface area is 153 Å². The van der Waals surface area contributed by atoms with Crippen LogP contribution in [0, 0.1) is 5.92 Å². The standard InChI is InChI=1S/C19H23NO5S/c1-20-9-8-19-12-5-7-15(25-26(3,21)22)18(19)24-17-14(23-2)6-4-11(16(17)19)10-13(12)20/h4-7,12-13,15,18H,8-10H2,1-3H3/t12-,13-,15-,18-,19+/m1/s1. The van der Waals surface area contributed by atoms with Crippen LogP contribution in [-0.4, -0.2) is 58.5 Å². The Morgan fingerprint density at radius 1 is 1.31 bits per heavy atom. The number of methoxy groups -OCH3 is 1. The van der Waals surface area contributed by atoms with Crippen molar-refractivity contribution in [3.05, 3.63) is 35.4 Å². The molecule has 26 heavy (non-hydrogen) atoms. The highest BCUT2D eigenvalue weighted by Crippen LogP contribution is 2.62. The average Bonchev–Trinajstić information content (AvgIpc) is 2.93. The number of likely N-dealkylation sites (N-methyl/N-ethyl adjacent to an activating group) is 1. The Bertz CT molecular complexity index is 911. The Morgan fingerprint density at radius 2 is 2.12 bits per heavy atom. The van der Waals surface area contributed by atoms with Gasteiger partial charge < -0.3 is 14.4 Å². The van der Waals surface area contributed by atoms with Crippen molar-refractivity contribution in [2.24, 2.45) is 5.92 Å². The summed E-state index contributed by atoms with van der Waals surface area (Å²) in [4.78, 5) is 2.42. The second-order valence-electron chi connectivity index (χ2n) is 7.89. The van der Waals surface area contributed by atoms with Crippen LogP contribution in [0.15, 0.2) is 24.3 Å². The molecule has 2 aliphatic carbocycles. The minimum absolute atomic E-state index is 0.251. The molecule has 1 aromatic carbocycles. The van der Waals surface area contributed by atoms with E-state index in [9.17, 15) is 8.42 Å².